The first kappa shape index (κ1) is 10.0. The minimum Gasteiger partial charge on any atom is -0.384 e. The maximum Gasteiger partial charge on any atom is 0.136 e. The lowest BCUT2D eigenvalue weighted by Gasteiger charge is -2.03. The summed E-state index contributed by atoms with van der Waals surface area (Å²) in [7, 11) is 0. The van der Waals surface area contributed by atoms with Crippen molar-refractivity contribution >= 4 is 28.3 Å². The van der Waals surface area contributed by atoms with E-state index in [0.29, 0.717) is 10.7 Å². The lowest BCUT2D eigenvalue weighted by Crippen LogP contribution is -2.02. The molecule has 0 saturated carbocycles. The second kappa shape index (κ2) is 4.85. The summed E-state index contributed by atoms with van der Waals surface area (Å²) in [5.74, 6) is 0. The molecule has 0 spiro atoms. The predicted octanol–water partition coefficient (Wildman–Crippen LogP) is 2.09. The number of hydrogen-bond donors (Lipinski definition) is 1. The molecule has 0 radical (unpaired) electrons. The molecule has 4 heteroatoms. The molecule has 0 bridgehead atoms. The van der Waals surface area contributed by atoms with Crippen LogP contribution in [0.4, 0.5) is 0 Å². The Morgan fingerprint density at radius 3 is 2.85 bits per heavy atom. The van der Waals surface area contributed by atoms with Gasteiger partial charge in [0.2, 0.25) is 0 Å². The molecule has 0 aromatic heterocycles. The fourth-order valence-electron chi connectivity index (χ4n) is 0.943. The van der Waals surface area contributed by atoms with Crippen molar-refractivity contribution in [3.8, 4) is 6.07 Å². The van der Waals surface area contributed by atoms with Crippen LogP contribution in [0.15, 0.2) is 29.2 Å². The van der Waals surface area contributed by atoms with Gasteiger partial charge in [-0.3, -0.25) is 0 Å². The first-order valence-electron chi connectivity index (χ1n) is 3.66. The van der Waals surface area contributed by atoms with Crippen LogP contribution >= 0.6 is 24.0 Å². The van der Waals surface area contributed by atoms with Crippen LogP contribution in [0.5, 0.6) is 0 Å². The van der Waals surface area contributed by atoms with Gasteiger partial charge >= 0.3 is 0 Å². The van der Waals surface area contributed by atoms with Crippen molar-refractivity contribution in [2.75, 3.05) is 0 Å². The first-order chi connectivity index (χ1) is 6.24. The molecule has 0 heterocycles. The van der Waals surface area contributed by atoms with Crippen LogP contribution in [0.25, 0.3) is 0 Å². The SMILES string of the molecule is N#CCc1ccccc1SC(N)=S. The smallest absolute Gasteiger partial charge is 0.136 e. The summed E-state index contributed by atoms with van der Waals surface area (Å²) in [5.41, 5.74) is 6.38. The Morgan fingerprint density at radius 1 is 1.54 bits per heavy atom. The molecule has 2 nitrogen and oxygen atoms in total. The maximum atomic E-state index is 8.55. The molecule has 0 unspecified atom stereocenters. The molecule has 2 N–H and O–H groups in total. The molecule has 0 amide bonds. The van der Waals surface area contributed by atoms with E-state index in [1.54, 1.807) is 0 Å². The normalized spacial score (nSPS) is 9.15. The third kappa shape index (κ3) is 3.05. The maximum absolute atomic E-state index is 8.55. The molecular formula is C9H8N2S2. The van der Waals surface area contributed by atoms with Gasteiger partial charge in [-0.15, -0.1) is 0 Å². The van der Waals surface area contributed by atoms with E-state index in [1.165, 1.54) is 11.8 Å². The van der Waals surface area contributed by atoms with Crippen molar-refractivity contribution in [2.45, 2.75) is 11.3 Å². The average Bonchev–Trinajstić information content (AvgIpc) is 2.08. The van der Waals surface area contributed by atoms with Crippen molar-refractivity contribution in [1.82, 2.24) is 0 Å². The molecule has 0 saturated heterocycles. The van der Waals surface area contributed by atoms with Gasteiger partial charge in [0, 0.05) is 4.90 Å². The van der Waals surface area contributed by atoms with Crippen molar-refractivity contribution in [1.29, 1.82) is 5.26 Å². The predicted molar refractivity (Wildman–Crippen MR) is 58.4 cm³/mol. The third-order valence-corrected chi connectivity index (χ3v) is 2.52. The molecule has 0 atom stereocenters. The van der Waals surface area contributed by atoms with E-state index in [9.17, 15) is 0 Å². The van der Waals surface area contributed by atoms with Gasteiger partial charge in [0.25, 0.3) is 0 Å². The minimum atomic E-state index is 0.380. The van der Waals surface area contributed by atoms with Crippen LogP contribution in [0, 0.1) is 11.3 Å². The van der Waals surface area contributed by atoms with E-state index in [4.69, 9.17) is 23.2 Å². The summed E-state index contributed by atoms with van der Waals surface area (Å²) in [5, 5.41) is 8.55. The Kier molecular flexibility index (Phi) is 3.74. The summed E-state index contributed by atoms with van der Waals surface area (Å²) >= 11 is 6.10. The standard InChI is InChI=1S/C9H8N2S2/c10-6-5-7-3-1-2-4-8(7)13-9(11)12/h1-4H,5H2,(H2,11,12). The van der Waals surface area contributed by atoms with E-state index in [1.807, 2.05) is 24.3 Å². The molecule has 1 aromatic rings. The van der Waals surface area contributed by atoms with Crippen LogP contribution in [0.1, 0.15) is 5.56 Å². The quantitative estimate of drug-likeness (QED) is 0.597. The molecular weight excluding hydrogens is 200 g/mol. The van der Waals surface area contributed by atoms with Gasteiger partial charge in [0.15, 0.2) is 0 Å². The van der Waals surface area contributed by atoms with Crippen LogP contribution in [-0.4, -0.2) is 4.32 Å². The highest BCUT2D eigenvalue weighted by Crippen LogP contribution is 2.22. The third-order valence-electron chi connectivity index (χ3n) is 1.45. The molecule has 1 rings (SSSR count). The van der Waals surface area contributed by atoms with Gasteiger partial charge in [-0.2, -0.15) is 5.26 Å². The van der Waals surface area contributed by atoms with Crippen LogP contribution in [0.2, 0.25) is 0 Å². The number of hydrogen-bond acceptors (Lipinski definition) is 3. The monoisotopic (exact) mass is 208 g/mol. The topological polar surface area (TPSA) is 49.8 Å². The van der Waals surface area contributed by atoms with Crippen molar-refractivity contribution in [3.63, 3.8) is 0 Å². The molecule has 0 aliphatic carbocycles. The van der Waals surface area contributed by atoms with Gasteiger partial charge in [-0.05, 0) is 11.6 Å². The second-order valence-electron chi connectivity index (χ2n) is 2.36. The lowest BCUT2D eigenvalue weighted by molar-refractivity contribution is 1.18. The van der Waals surface area contributed by atoms with E-state index in [0.717, 1.165) is 10.5 Å². The Morgan fingerprint density at radius 2 is 2.23 bits per heavy atom. The van der Waals surface area contributed by atoms with Gasteiger partial charge in [0.1, 0.15) is 4.32 Å². The number of rotatable bonds is 2. The van der Waals surface area contributed by atoms with Gasteiger partial charge in [0.05, 0.1) is 12.5 Å². The number of benzene rings is 1. The van der Waals surface area contributed by atoms with E-state index >= 15 is 0 Å². The summed E-state index contributed by atoms with van der Waals surface area (Å²) in [6.45, 7) is 0. The highest BCUT2D eigenvalue weighted by molar-refractivity contribution is 8.23. The highest BCUT2D eigenvalue weighted by Gasteiger charge is 2.02. The molecule has 0 aliphatic heterocycles. The molecule has 1 aromatic carbocycles. The van der Waals surface area contributed by atoms with Crippen LogP contribution in [-0.2, 0) is 6.42 Å². The number of nitrogens with two attached hydrogens (primary N) is 1. The zero-order valence-corrected chi connectivity index (χ0v) is 8.49. The largest absolute Gasteiger partial charge is 0.384 e. The Hall–Kier alpha value is -1.05. The summed E-state index contributed by atoms with van der Waals surface area (Å²) in [4.78, 5) is 0.969. The van der Waals surface area contributed by atoms with E-state index < -0.39 is 0 Å². The minimum absolute atomic E-state index is 0.380. The van der Waals surface area contributed by atoms with Crippen molar-refractivity contribution in [2.24, 2.45) is 5.73 Å². The van der Waals surface area contributed by atoms with Crippen molar-refractivity contribution in [3.05, 3.63) is 29.8 Å². The summed E-state index contributed by atoms with van der Waals surface area (Å²) in [6, 6.07) is 9.72. The zero-order chi connectivity index (χ0) is 9.68. The second-order valence-corrected chi connectivity index (χ2v) is 4.15. The first-order valence-corrected chi connectivity index (χ1v) is 4.88. The fraction of sp³-hybridized carbons (Fsp3) is 0.111. The Labute approximate surface area is 86.7 Å². The summed E-state index contributed by atoms with van der Waals surface area (Å²) in [6.07, 6.45) is 0.395. The molecule has 0 aliphatic rings. The molecule has 66 valence electrons. The fourth-order valence-corrected chi connectivity index (χ4v) is 1.85. The Balaban J connectivity index is 2.92. The van der Waals surface area contributed by atoms with Crippen molar-refractivity contribution < 1.29 is 0 Å². The average molecular weight is 208 g/mol. The Bertz CT molecular complexity index is 355. The molecule has 0 fully saturated rings. The van der Waals surface area contributed by atoms with Crippen LogP contribution in [0.3, 0.4) is 0 Å². The number of thioether (sulfide) groups is 1. The van der Waals surface area contributed by atoms with E-state index in [2.05, 4.69) is 6.07 Å². The number of nitriles is 1. The highest BCUT2D eigenvalue weighted by atomic mass is 32.2. The van der Waals surface area contributed by atoms with Gasteiger partial charge < -0.3 is 5.73 Å². The summed E-state index contributed by atoms with van der Waals surface area (Å²) < 4.78 is 0.380. The molecule has 13 heavy (non-hydrogen) atoms. The zero-order valence-electron chi connectivity index (χ0n) is 6.86. The van der Waals surface area contributed by atoms with Crippen LogP contribution < -0.4 is 5.73 Å². The van der Waals surface area contributed by atoms with E-state index in [-0.39, 0.29) is 0 Å². The lowest BCUT2D eigenvalue weighted by atomic mass is 10.2. The number of thiocarbonyl (C=S) groups is 1. The number of nitrogens with zero attached hydrogens (tertiary/aromatic N) is 1. The van der Waals surface area contributed by atoms with Gasteiger partial charge in [-0.25, -0.2) is 0 Å². The van der Waals surface area contributed by atoms with Gasteiger partial charge in [-0.1, -0.05) is 42.2 Å².